The Balaban J connectivity index is 1.34. The summed E-state index contributed by atoms with van der Waals surface area (Å²) in [5, 5.41) is 2.14. The van der Waals surface area contributed by atoms with Crippen LogP contribution >= 0.6 is 11.3 Å². The van der Waals surface area contributed by atoms with Crippen molar-refractivity contribution in [2.75, 3.05) is 44.2 Å². The number of carbonyl (C=O) groups is 1. The Morgan fingerprint density at radius 1 is 0.964 bits per heavy atom. The second-order valence-corrected chi connectivity index (χ2v) is 8.00. The number of furan rings is 1. The lowest BCUT2D eigenvalue weighted by molar-refractivity contribution is 0.0947. The standard InChI is InChI=1S/C22H25N3O2S/c26-22(21-9-4-16-27-21)25(19-6-2-1-3-7-19)15-14-23-10-12-24(13-11-23)18-20-8-5-17-28-20/h1-9,16-17H,10-15,18H2. The van der Waals surface area contributed by atoms with Gasteiger partial charge in [-0.2, -0.15) is 0 Å². The smallest absolute Gasteiger partial charge is 0.293 e. The SMILES string of the molecule is O=C(c1ccco1)N(CCN1CCN(Cc2cccs2)CC1)c1ccccc1. The van der Waals surface area contributed by atoms with Crippen LogP contribution in [0.15, 0.2) is 70.7 Å². The largest absolute Gasteiger partial charge is 0.459 e. The summed E-state index contributed by atoms with van der Waals surface area (Å²) in [5.41, 5.74) is 0.903. The van der Waals surface area contributed by atoms with Crippen molar-refractivity contribution < 1.29 is 9.21 Å². The number of hydrogen-bond donors (Lipinski definition) is 0. The van der Waals surface area contributed by atoms with E-state index < -0.39 is 0 Å². The normalized spacial score (nSPS) is 15.6. The molecule has 5 nitrogen and oxygen atoms in total. The van der Waals surface area contributed by atoms with E-state index in [1.807, 2.05) is 46.6 Å². The van der Waals surface area contributed by atoms with Gasteiger partial charge in [0.15, 0.2) is 5.76 Å². The third kappa shape index (κ3) is 4.70. The Hall–Kier alpha value is -2.41. The first-order valence-electron chi connectivity index (χ1n) is 9.67. The highest BCUT2D eigenvalue weighted by Gasteiger charge is 2.22. The van der Waals surface area contributed by atoms with Crippen molar-refractivity contribution in [2.45, 2.75) is 6.54 Å². The van der Waals surface area contributed by atoms with Crippen LogP contribution in [0.2, 0.25) is 0 Å². The van der Waals surface area contributed by atoms with Gasteiger partial charge in [0.2, 0.25) is 0 Å². The van der Waals surface area contributed by atoms with Crippen molar-refractivity contribution in [3.05, 3.63) is 76.9 Å². The molecule has 1 amide bonds. The molecule has 0 N–H and O–H groups in total. The van der Waals surface area contributed by atoms with Gasteiger partial charge in [0.1, 0.15) is 0 Å². The van der Waals surface area contributed by atoms with Crippen LogP contribution in [0.25, 0.3) is 0 Å². The average molecular weight is 396 g/mol. The summed E-state index contributed by atoms with van der Waals surface area (Å²) in [6.07, 6.45) is 1.54. The number of rotatable bonds is 7. The molecule has 1 fully saturated rings. The van der Waals surface area contributed by atoms with Crippen molar-refractivity contribution in [1.82, 2.24) is 9.80 Å². The zero-order chi connectivity index (χ0) is 19.2. The fourth-order valence-corrected chi connectivity index (χ4v) is 4.27. The van der Waals surface area contributed by atoms with Crippen LogP contribution in [0.3, 0.4) is 0 Å². The zero-order valence-electron chi connectivity index (χ0n) is 15.9. The van der Waals surface area contributed by atoms with E-state index in [1.165, 1.54) is 4.88 Å². The lowest BCUT2D eigenvalue weighted by Gasteiger charge is -2.35. The Morgan fingerprint density at radius 2 is 1.75 bits per heavy atom. The first kappa shape index (κ1) is 18.9. The van der Waals surface area contributed by atoms with Crippen LogP contribution in [0.5, 0.6) is 0 Å². The minimum absolute atomic E-state index is 0.0902. The molecule has 1 aliphatic heterocycles. The Morgan fingerprint density at radius 3 is 2.43 bits per heavy atom. The number of para-hydroxylation sites is 1. The van der Waals surface area contributed by atoms with E-state index in [2.05, 4.69) is 27.3 Å². The molecule has 3 heterocycles. The highest BCUT2D eigenvalue weighted by atomic mass is 32.1. The average Bonchev–Trinajstić information content (AvgIpc) is 3.44. The Kier molecular flexibility index (Phi) is 6.21. The minimum Gasteiger partial charge on any atom is -0.459 e. The lowest BCUT2D eigenvalue weighted by atomic mass is 10.2. The molecule has 1 saturated heterocycles. The third-order valence-electron chi connectivity index (χ3n) is 5.11. The van der Waals surface area contributed by atoms with Gasteiger partial charge in [-0.05, 0) is 35.7 Å². The minimum atomic E-state index is -0.0902. The summed E-state index contributed by atoms with van der Waals surface area (Å²) < 4.78 is 5.34. The number of anilines is 1. The van der Waals surface area contributed by atoms with Crippen molar-refractivity contribution in [3.63, 3.8) is 0 Å². The maximum atomic E-state index is 12.9. The Labute approximate surface area is 169 Å². The molecule has 4 rings (SSSR count). The van der Waals surface area contributed by atoms with Crippen LogP contribution in [-0.2, 0) is 6.54 Å². The molecule has 0 bridgehead atoms. The van der Waals surface area contributed by atoms with Gasteiger partial charge in [-0.25, -0.2) is 0 Å². The van der Waals surface area contributed by atoms with E-state index >= 15 is 0 Å². The summed E-state index contributed by atoms with van der Waals surface area (Å²) in [5.74, 6) is 0.289. The van der Waals surface area contributed by atoms with Crippen LogP contribution in [0.1, 0.15) is 15.4 Å². The monoisotopic (exact) mass is 395 g/mol. The maximum Gasteiger partial charge on any atom is 0.293 e. The summed E-state index contributed by atoms with van der Waals surface area (Å²) >= 11 is 1.82. The first-order chi connectivity index (χ1) is 13.8. The maximum absolute atomic E-state index is 12.9. The molecule has 3 aromatic rings. The van der Waals surface area contributed by atoms with Gasteiger partial charge in [0.25, 0.3) is 5.91 Å². The number of thiophene rings is 1. The molecule has 0 spiro atoms. The molecule has 0 saturated carbocycles. The number of benzene rings is 1. The first-order valence-corrected chi connectivity index (χ1v) is 10.5. The number of amides is 1. The van der Waals surface area contributed by atoms with Gasteiger partial charge in [-0.1, -0.05) is 24.3 Å². The van der Waals surface area contributed by atoms with E-state index in [9.17, 15) is 4.79 Å². The van der Waals surface area contributed by atoms with Gasteiger partial charge < -0.3 is 9.32 Å². The Bertz CT molecular complexity index is 841. The topological polar surface area (TPSA) is 39.9 Å². The third-order valence-corrected chi connectivity index (χ3v) is 5.97. The second-order valence-electron chi connectivity index (χ2n) is 6.97. The van der Waals surface area contributed by atoms with E-state index in [-0.39, 0.29) is 5.91 Å². The molecule has 146 valence electrons. The van der Waals surface area contributed by atoms with Gasteiger partial charge >= 0.3 is 0 Å². The lowest BCUT2D eigenvalue weighted by Crippen LogP contribution is -2.48. The van der Waals surface area contributed by atoms with E-state index in [0.717, 1.165) is 45.0 Å². The summed E-state index contributed by atoms with van der Waals surface area (Å²) in [6.45, 7) is 6.73. The number of piperazine rings is 1. The fraction of sp³-hybridized carbons (Fsp3) is 0.318. The van der Waals surface area contributed by atoms with Crippen LogP contribution in [-0.4, -0.2) is 55.0 Å². The molecule has 1 aromatic carbocycles. The van der Waals surface area contributed by atoms with Crippen molar-refractivity contribution in [1.29, 1.82) is 0 Å². The van der Waals surface area contributed by atoms with E-state index in [1.54, 1.807) is 18.4 Å². The van der Waals surface area contributed by atoms with Crippen LogP contribution in [0.4, 0.5) is 5.69 Å². The van der Waals surface area contributed by atoms with Gasteiger partial charge in [-0.15, -0.1) is 11.3 Å². The predicted octanol–water partition coefficient (Wildman–Crippen LogP) is 3.81. The predicted molar refractivity (Wildman–Crippen MR) is 113 cm³/mol. The number of hydrogen-bond acceptors (Lipinski definition) is 5. The number of nitrogens with zero attached hydrogens (tertiary/aromatic N) is 3. The van der Waals surface area contributed by atoms with Crippen molar-refractivity contribution in [3.8, 4) is 0 Å². The second kappa shape index (κ2) is 9.19. The molecule has 6 heteroatoms. The highest BCUT2D eigenvalue weighted by Crippen LogP contribution is 2.18. The van der Waals surface area contributed by atoms with Crippen LogP contribution < -0.4 is 4.90 Å². The molecule has 28 heavy (non-hydrogen) atoms. The molecule has 2 aromatic heterocycles. The summed E-state index contributed by atoms with van der Waals surface area (Å²) in [4.78, 5) is 21.1. The van der Waals surface area contributed by atoms with Gasteiger partial charge in [0.05, 0.1) is 6.26 Å². The highest BCUT2D eigenvalue weighted by molar-refractivity contribution is 7.09. The molecular weight excluding hydrogens is 370 g/mol. The summed E-state index contributed by atoms with van der Waals surface area (Å²) in [6, 6.07) is 17.6. The van der Waals surface area contributed by atoms with E-state index in [4.69, 9.17) is 4.42 Å². The van der Waals surface area contributed by atoms with E-state index in [0.29, 0.717) is 12.3 Å². The molecule has 1 aliphatic rings. The molecule has 0 aliphatic carbocycles. The van der Waals surface area contributed by atoms with Crippen molar-refractivity contribution in [2.24, 2.45) is 0 Å². The summed E-state index contributed by atoms with van der Waals surface area (Å²) in [7, 11) is 0. The zero-order valence-corrected chi connectivity index (χ0v) is 16.7. The molecule has 0 radical (unpaired) electrons. The molecular formula is C22H25N3O2S. The molecule has 0 unspecified atom stereocenters. The van der Waals surface area contributed by atoms with Crippen LogP contribution in [0, 0.1) is 0 Å². The van der Waals surface area contributed by atoms with Gasteiger partial charge in [0, 0.05) is 56.4 Å². The van der Waals surface area contributed by atoms with Gasteiger partial charge in [-0.3, -0.25) is 14.6 Å². The van der Waals surface area contributed by atoms with Crippen molar-refractivity contribution >= 4 is 22.9 Å². The molecule has 0 atom stereocenters. The quantitative estimate of drug-likeness (QED) is 0.610. The number of carbonyl (C=O) groups excluding carboxylic acids is 1. The fourth-order valence-electron chi connectivity index (χ4n) is 3.52.